The number of carbonyl (C=O) groups excluding carboxylic acids is 1. The monoisotopic (exact) mass is 345 g/mol. The molecule has 0 heterocycles. The number of halogens is 1. The summed E-state index contributed by atoms with van der Waals surface area (Å²) in [5.74, 6) is 0.526. The molecule has 2 atom stereocenters. The van der Waals surface area contributed by atoms with Crippen LogP contribution in [-0.2, 0) is 4.79 Å². The van der Waals surface area contributed by atoms with Gasteiger partial charge in [0.15, 0.2) is 6.10 Å². The van der Waals surface area contributed by atoms with Crippen LogP contribution in [-0.4, -0.2) is 12.0 Å². The first kappa shape index (κ1) is 18.3. The summed E-state index contributed by atoms with van der Waals surface area (Å²) in [7, 11) is 0. The maximum atomic E-state index is 12.5. The van der Waals surface area contributed by atoms with Crippen LogP contribution in [0.1, 0.15) is 43.0 Å². The molecule has 0 spiro atoms. The molecule has 2 aromatic carbocycles. The highest BCUT2D eigenvalue weighted by Gasteiger charge is 2.20. The Kier molecular flexibility index (Phi) is 6.27. The van der Waals surface area contributed by atoms with Gasteiger partial charge in [-0.05, 0) is 68.1 Å². The third-order valence-electron chi connectivity index (χ3n) is 4.14. The maximum Gasteiger partial charge on any atom is 0.261 e. The molecule has 4 heteroatoms. The van der Waals surface area contributed by atoms with Gasteiger partial charge in [0, 0.05) is 5.02 Å². The van der Waals surface area contributed by atoms with Crippen molar-refractivity contribution < 1.29 is 9.53 Å². The first-order valence-electron chi connectivity index (χ1n) is 8.20. The van der Waals surface area contributed by atoms with Crippen LogP contribution in [0.25, 0.3) is 0 Å². The molecule has 2 unspecified atom stereocenters. The lowest BCUT2D eigenvalue weighted by Crippen LogP contribution is -2.39. The molecule has 0 aromatic heterocycles. The third-order valence-corrected chi connectivity index (χ3v) is 4.40. The fraction of sp³-hybridized carbons (Fsp3) is 0.350. The molecule has 24 heavy (non-hydrogen) atoms. The van der Waals surface area contributed by atoms with Crippen molar-refractivity contribution in [2.45, 2.75) is 46.3 Å². The Labute approximate surface area is 149 Å². The standard InChI is InChI=1S/C20H24ClNO2/c1-5-19(24-18-10-8-17(21)9-11-18)20(23)22-15(4)16-7-6-13(2)14(3)12-16/h6-12,15,19H,5H2,1-4H3,(H,22,23). The molecule has 0 saturated carbocycles. The summed E-state index contributed by atoms with van der Waals surface area (Å²) in [6, 6.07) is 13.2. The van der Waals surface area contributed by atoms with E-state index < -0.39 is 6.10 Å². The second-order valence-electron chi connectivity index (χ2n) is 6.04. The van der Waals surface area contributed by atoms with Crippen LogP contribution >= 0.6 is 11.6 Å². The van der Waals surface area contributed by atoms with Crippen LogP contribution in [0.5, 0.6) is 5.75 Å². The van der Waals surface area contributed by atoms with E-state index in [1.54, 1.807) is 24.3 Å². The first-order chi connectivity index (χ1) is 11.4. The molecule has 128 valence electrons. The molecule has 1 N–H and O–H groups in total. The van der Waals surface area contributed by atoms with Gasteiger partial charge < -0.3 is 10.1 Å². The van der Waals surface area contributed by atoms with Gasteiger partial charge in [0.05, 0.1) is 6.04 Å². The highest BCUT2D eigenvalue weighted by atomic mass is 35.5. The van der Waals surface area contributed by atoms with Gasteiger partial charge >= 0.3 is 0 Å². The minimum absolute atomic E-state index is 0.0698. The maximum absolute atomic E-state index is 12.5. The van der Waals surface area contributed by atoms with E-state index in [0.717, 1.165) is 5.56 Å². The van der Waals surface area contributed by atoms with Crippen molar-refractivity contribution in [3.63, 3.8) is 0 Å². The Hall–Kier alpha value is -2.00. The molecule has 0 radical (unpaired) electrons. The van der Waals surface area contributed by atoms with Crippen molar-refractivity contribution in [2.75, 3.05) is 0 Å². The van der Waals surface area contributed by atoms with Crippen molar-refractivity contribution in [2.24, 2.45) is 0 Å². The number of amides is 1. The first-order valence-corrected chi connectivity index (χ1v) is 8.58. The van der Waals surface area contributed by atoms with E-state index >= 15 is 0 Å². The fourth-order valence-electron chi connectivity index (χ4n) is 2.42. The smallest absolute Gasteiger partial charge is 0.261 e. The molecule has 2 aromatic rings. The van der Waals surface area contributed by atoms with Crippen LogP contribution in [0.2, 0.25) is 5.02 Å². The zero-order valence-corrected chi connectivity index (χ0v) is 15.4. The van der Waals surface area contributed by atoms with Crippen molar-refractivity contribution >= 4 is 17.5 Å². The van der Waals surface area contributed by atoms with Gasteiger partial charge in [0.25, 0.3) is 5.91 Å². The van der Waals surface area contributed by atoms with Crippen molar-refractivity contribution in [1.82, 2.24) is 5.32 Å². The van der Waals surface area contributed by atoms with Gasteiger partial charge in [-0.3, -0.25) is 4.79 Å². The predicted octanol–water partition coefficient (Wildman–Crippen LogP) is 4.99. The van der Waals surface area contributed by atoms with Crippen molar-refractivity contribution in [3.8, 4) is 5.75 Å². The summed E-state index contributed by atoms with van der Waals surface area (Å²) >= 11 is 5.87. The number of hydrogen-bond acceptors (Lipinski definition) is 2. The van der Waals surface area contributed by atoms with Crippen molar-refractivity contribution in [1.29, 1.82) is 0 Å². The van der Waals surface area contributed by atoms with E-state index in [9.17, 15) is 4.79 Å². The summed E-state index contributed by atoms with van der Waals surface area (Å²) < 4.78 is 5.79. The minimum atomic E-state index is -0.528. The van der Waals surface area contributed by atoms with E-state index in [1.807, 2.05) is 19.9 Å². The number of hydrogen-bond donors (Lipinski definition) is 1. The molecule has 0 aliphatic heterocycles. The van der Waals surface area contributed by atoms with Crippen LogP contribution in [0, 0.1) is 13.8 Å². The van der Waals surface area contributed by atoms with Crippen LogP contribution < -0.4 is 10.1 Å². The molecule has 0 fully saturated rings. The molecular weight excluding hydrogens is 322 g/mol. The Balaban J connectivity index is 2.02. The lowest BCUT2D eigenvalue weighted by molar-refractivity contribution is -0.128. The normalized spacial score (nSPS) is 13.2. The van der Waals surface area contributed by atoms with E-state index in [4.69, 9.17) is 16.3 Å². The topological polar surface area (TPSA) is 38.3 Å². The molecule has 0 aliphatic carbocycles. The zero-order chi connectivity index (χ0) is 17.7. The van der Waals surface area contributed by atoms with Gasteiger partial charge in [-0.15, -0.1) is 0 Å². The number of carbonyl (C=O) groups is 1. The number of aryl methyl sites for hydroxylation is 2. The Morgan fingerprint density at radius 2 is 1.79 bits per heavy atom. The molecule has 2 rings (SSSR count). The molecule has 3 nitrogen and oxygen atoms in total. The molecule has 0 aliphatic rings. The second-order valence-corrected chi connectivity index (χ2v) is 6.48. The van der Waals surface area contributed by atoms with Gasteiger partial charge in [-0.25, -0.2) is 0 Å². The molecule has 0 bridgehead atoms. The fourth-order valence-corrected chi connectivity index (χ4v) is 2.55. The van der Waals surface area contributed by atoms with Gasteiger partial charge in [-0.2, -0.15) is 0 Å². The third kappa shape index (κ3) is 4.75. The summed E-state index contributed by atoms with van der Waals surface area (Å²) in [6.45, 7) is 8.07. The molecule has 0 saturated heterocycles. The number of ether oxygens (including phenoxy) is 1. The van der Waals surface area contributed by atoms with Crippen LogP contribution in [0.15, 0.2) is 42.5 Å². The number of nitrogens with one attached hydrogen (secondary N) is 1. The van der Waals surface area contributed by atoms with Crippen LogP contribution in [0.3, 0.4) is 0 Å². The summed E-state index contributed by atoms with van der Waals surface area (Å²) in [5.41, 5.74) is 3.56. The number of rotatable bonds is 6. The van der Waals surface area contributed by atoms with Crippen LogP contribution in [0.4, 0.5) is 0 Å². The number of benzene rings is 2. The summed E-state index contributed by atoms with van der Waals surface area (Å²) in [6.07, 6.45) is 0.0638. The summed E-state index contributed by atoms with van der Waals surface area (Å²) in [4.78, 5) is 12.5. The highest BCUT2D eigenvalue weighted by molar-refractivity contribution is 6.30. The second kappa shape index (κ2) is 8.20. The van der Waals surface area contributed by atoms with E-state index in [0.29, 0.717) is 17.2 Å². The van der Waals surface area contributed by atoms with Gasteiger partial charge in [-0.1, -0.05) is 36.7 Å². The molecular formula is C20H24ClNO2. The highest BCUT2D eigenvalue weighted by Crippen LogP contribution is 2.20. The Morgan fingerprint density at radius 1 is 1.12 bits per heavy atom. The average molecular weight is 346 g/mol. The largest absolute Gasteiger partial charge is 0.481 e. The van der Waals surface area contributed by atoms with E-state index in [-0.39, 0.29) is 11.9 Å². The molecule has 1 amide bonds. The van der Waals surface area contributed by atoms with Crippen molar-refractivity contribution in [3.05, 3.63) is 64.2 Å². The zero-order valence-electron chi connectivity index (χ0n) is 14.6. The quantitative estimate of drug-likeness (QED) is 0.800. The van der Waals surface area contributed by atoms with E-state index in [2.05, 4.69) is 31.3 Å². The lowest BCUT2D eigenvalue weighted by Gasteiger charge is -2.21. The van der Waals surface area contributed by atoms with Gasteiger partial charge in [0.2, 0.25) is 0 Å². The average Bonchev–Trinajstić information content (AvgIpc) is 2.56. The Bertz CT molecular complexity index is 697. The van der Waals surface area contributed by atoms with E-state index in [1.165, 1.54) is 11.1 Å². The minimum Gasteiger partial charge on any atom is -0.481 e. The Morgan fingerprint density at radius 3 is 2.38 bits per heavy atom. The predicted molar refractivity (Wildman–Crippen MR) is 98.6 cm³/mol. The lowest BCUT2D eigenvalue weighted by atomic mass is 10.0. The van der Waals surface area contributed by atoms with Gasteiger partial charge in [0.1, 0.15) is 5.75 Å². The SMILES string of the molecule is CCC(Oc1ccc(Cl)cc1)C(=O)NC(C)c1ccc(C)c(C)c1. The summed E-state index contributed by atoms with van der Waals surface area (Å²) in [5, 5.41) is 3.68.